The minimum atomic E-state index is -3.55. The number of hydrogen-bond donors (Lipinski definition) is 1. The molecule has 1 N–H and O–H groups in total. The smallest absolute Gasteiger partial charge is 0.351 e. The molecule has 2 aromatic carbocycles. The van der Waals surface area contributed by atoms with Crippen LogP contribution in [0.15, 0.2) is 53.4 Å². The van der Waals surface area contributed by atoms with Crippen LogP contribution in [0.2, 0.25) is 0 Å². The van der Waals surface area contributed by atoms with Gasteiger partial charge in [-0.2, -0.15) is 0 Å². The molecule has 0 saturated carbocycles. The maximum atomic E-state index is 12.1. The summed E-state index contributed by atoms with van der Waals surface area (Å²) >= 11 is 0. The van der Waals surface area contributed by atoms with Crippen molar-refractivity contribution < 1.29 is 32.2 Å². The van der Waals surface area contributed by atoms with Gasteiger partial charge in [0.2, 0.25) is 16.1 Å². The van der Waals surface area contributed by atoms with Crippen molar-refractivity contribution in [3.8, 4) is 11.5 Å². The summed E-state index contributed by atoms with van der Waals surface area (Å²) in [6.07, 6.45) is -0.965. The van der Waals surface area contributed by atoms with Crippen molar-refractivity contribution in [2.45, 2.75) is 11.0 Å². The number of anilines is 1. The average Bonchev–Trinajstić information content (AvgIpc) is 2.72. The Labute approximate surface area is 168 Å². The Kier molecular flexibility index (Phi) is 6.04. The first-order valence-corrected chi connectivity index (χ1v) is 10.1. The van der Waals surface area contributed by atoms with Crippen LogP contribution >= 0.6 is 0 Å². The minimum absolute atomic E-state index is 0.0146. The van der Waals surface area contributed by atoms with Gasteiger partial charge in [-0.05, 0) is 36.4 Å². The van der Waals surface area contributed by atoms with Crippen LogP contribution in [-0.2, 0) is 24.3 Å². The highest BCUT2D eigenvalue weighted by molar-refractivity contribution is 7.89. The second-order valence-electron chi connectivity index (χ2n) is 6.33. The van der Waals surface area contributed by atoms with E-state index in [4.69, 9.17) is 14.2 Å². The molecule has 1 atom stereocenters. The van der Waals surface area contributed by atoms with Crippen molar-refractivity contribution in [1.29, 1.82) is 0 Å². The van der Waals surface area contributed by atoms with Crippen molar-refractivity contribution in [2.75, 3.05) is 32.6 Å². The van der Waals surface area contributed by atoms with Crippen LogP contribution in [0.4, 0.5) is 5.69 Å². The van der Waals surface area contributed by atoms with Crippen molar-refractivity contribution in [1.82, 2.24) is 4.31 Å². The van der Waals surface area contributed by atoms with E-state index in [1.54, 1.807) is 24.3 Å². The zero-order valence-electron chi connectivity index (χ0n) is 15.8. The van der Waals surface area contributed by atoms with Gasteiger partial charge in [0.1, 0.15) is 6.61 Å². The van der Waals surface area contributed by atoms with Gasteiger partial charge in [-0.3, -0.25) is 4.79 Å². The molecule has 0 aromatic heterocycles. The molecule has 10 heteroatoms. The Hall–Kier alpha value is -3.11. The van der Waals surface area contributed by atoms with Gasteiger partial charge < -0.3 is 19.5 Å². The van der Waals surface area contributed by atoms with Crippen LogP contribution in [0, 0.1) is 0 Å². The average molecular weight is 420 g/mol. The number of carbonyl (C=O) groups is 2. The third-order valence-electron chi connectivity index (χ3n) is 4.03. The van der Waals surface area contributed by atoms with Crippen molar-refractivity contribution in [3.63, 3.8) is 0 Å². The number of hydrogen-bond acceptors (Lipinski definition) is 7. The Morgan fingerprint density at radius 1 is 1.10 bits per heavy atom. The van der Waals surface area contributed by atoms with Gasteiger partial charge in [-0.25, -0.2) is 17.5 Å². The van der Waals surface area contributed by atoms with E-state index >= 15 is 0 Å². The number of para-hydroxylation sites is 2. The molecule has 1 amide bonds. The molecule has 0 bridgehead atoms. The summed E-state index contributed by atoms with van der Waals surface area (Å²) in [7, 11) is -0.693. The van der Waals surface area contributed by atoms with Crippen LogP contribution in [0.1, 0.15) is 0 Å². The van der Waals surface area contributed by atoms with Crippen LogP contribution < -0.4 is 14.8 Å². The number of sulfonamides is 1. The van der Waals surface area contributed by atoms with E-state index < -0.39 is 34.6 Å². The van der Waals surface area contributed by atoms with Crippen LogP contribution in [0.25, 0.3) is 0 Å². The zero-order valence-corrected chi connectivity index (χ0v) is 16.6. The monoisotopic (exact) mass is 420 g/mol. The molecular formula is C19H20N2O7S. The first kappa shape index (κ1) is 20.6. The van der Waals surface area contributed by atoms with Crippen LogP contribution in [0.5, 0.6) is 11.5 Å². The molecule has 1 aliphatic rings. The molecule has 0 radical (unpaired) electrons. The summed E-state index contributed by atoms with van der Waals surface area (Å²) < 4.78 is 41.1. The highest BCUT2D eigenvalue weighted by atomic mass is 32.2. The zero-order chi connectivity index (χ0) is 21.0. The number of nitrogens with zero attached hydrogens (tertiary/aromatic N) is 1. The number of carbonyl (C=O) groups excluding carboxylic acids is 2. The Bertz CT molecular complexity index is 1000. The highest BCUT2D eigenvalue weighted by Crippen LogP contribution is 2.31. The number of nitrogens with one attached hydrogen (secondary N) is 1. The van der Waals surface area contributed by atoms with Gasteiger partial charge >= 0.3 is 5.97 Å². The standard InChI is InChI=1S/C19H20N2O7S/c1-21(2)29(24,25)14-9-7-13(8-10-14)20-18(22)12-27-19(23)17-11-26-15-5-3-4-6-16(15)28-17/h3-10,17H,11-12H2,1-2H3,(H,20,22)/t17-/m1/s1. The molecule has 0 spiro atoms. The topological polar surface area (TPSA) is 111 Å². The molecule has 154 valence electrons. The van der Waals surface area contributed by atoms with E-state index in [1.807, 2.05) is 0 Å². The first-order valence-electron chi connectivity index (χ1n) is 8.65. The summed E-state index contributed by atoms with van der Waals surface area (Å²) in [6, 6.07) is 12.6. The minimum Gasteiger partial charge on any atom is -0.485 e. The molecule has 3 rings (SSSR count). The van der Waals surface area contributed by atoms with E-state index in [1.165, 1.54) is 38.4 Å². The maximum absolute atomic E-state index is 12.1. The Balaban J connectivity index is 1.51. The van der Waals surface area contributed by atoms with Gasteiger partial charge in [0.25, 0.3) is 5.91 Å². The van der Waals surface area contributed by atoms with E-state index in [-0.39, 0.29) is 11.5 Å². The summed E-state index contributed by atoms with van der Waals surface area (Å²) in [5.74, 6) is -0.326. The molecule has 2 aromatic rings. The summed E-state index contributed by atoms with van der Waals surface area (Å²) in [5.41, 5.74) is 0.370. The largest absolute Gasteiger partial charge is 0.485 e. The second-order valence-corrected chi connectivity index (χ2v) is 8.48. The normalized spacial score (nSPS) is 15.6. The van der Waals surface area contributed by atoms with Crippen LogP contribution in [-0.4, -0.2) is 58.0 Å². The van der Waals surface area contributed by atoms with Gasteiger partial charge in [-0.1, -0.05) is 12.1 Å². The van der Waals surface area contributed by atoms with Gasteiger partial charge in [0, 0.05) is 19.8 Å². The highest BCUT2D eigenvalue weighted by Gasteiger charge is 2.29. The predicted molar refractivity (Wildman–Crippen MR) is 103 cm³/mol. The quantitative estimate of drug-likeness (QED) is 0.700. The van der Waals surface area contributed by atoms with Crippen molar-refractivity contribution in [3.05, 3.63) is 48.5 Å². The number of ether oxygens (including phenoxy) is 3. The van der Waals surface area contributed by atoms with Crippen molar-refractivity contribution >= 4 is 27.6 Å². The Morgan fingerprint density at radius 2 is 1.76 bits per heavy atom. The molecule has 29 heavy (non-hydrogen) atoms. The number of fused-ring (bicyclic) bond motifs is 1. The van der Waals surface area contributed by atoms with Crippen molar-refractivity contribution in [2.24, 2.45) is 0 Å². The molecule has 0 saturated heterocycles. The van der Waals surface area contributed by atoms with E-state index in [0.717, 1.165) is 4.31 Å². The fourth-order valence-electron chi connectivity index (χ4n) is 2.48. The predicted octanol–water partition coefficient (Wildman–Crippen LogP) is 1.26. The summed E-state index contributed by atoms with van der Waals surface area (Å²) in [5, 5.41) is 2.53. The van der Waals surface area contributed by atoms with E-state index in [9.17, 15) is 18.0 Å². The molecule has 1 heterocycles. The first-order chi connectivity index (χ1) is 13.8. The fraction of sp³-hybridized carbons (Fsp3) is 0.263. The second kappa shape index (κ2) is 8.50. The molecule has 0 fully saturated rings. The SMILES string of the molecule is CN(C)S(=O)(=O)c1ccc(NC(=O)COC(=O)[C@H]2COc3ccccc3O2)cc1. The molecular weight excluding hydrogens is 400 g/mol. The Morgan fingerprint density at radius 3 is 2.41 bits per heavy atom. The number of amides is 1. The molecule has 0 unspecified atom stereocenters. The number of esters is 1. The third-order valence-corrected chi connectivity index (χ3v) is 5.86. The molecule has 1 aliphatic heterocycles. The lowest BCUT2D eigenvalue weighted by Gasteiger charge is -2.24. The fourth-order valence-corrected chi connectivity index (χ4v) is 3.39. The van der Waals surface area contributed by atoms with Crippen LogP contribution in [0.3, 0.4) is 0 Å². The summed E-state index contributed by atoms with van der Waals surface area (Å²) in [4.78, 5) is 24.2. The lowest BCUT2D eigenvalue weighted by molar-refractivity contribution is -0.156. The van der Waals surface area contributed by atoms with Gasteiger partial charge in [0.15, 0.2) is 18.1 Å². The maximum Gasteiger partial charge on any atom is 0.351 e. The van der Waals surface area contributed by atoms with E-state index in [0.29, 0.717) is 17.2 Å². The lowest BCUT2D eigenvalue weighted by atomic mass is 10.2. The molecule has 9 nitrogen and oxygen atoms in total. The number of rotatable bonds is 6. The number of benzene rings is 2. The summed E-state index contributed by atoms with van der Waals surface area (Å²) in [6.45, 7) is -0.530. The lowest BCUT2D eigenvalue weighted by Crippen LogP contribution is -2.39. The van der Waals surface area contributed by atoms with Gasteiger partial charge in [-0.15, -0.1) is 0 Å². The van der Waals surface area contributed by atoms with E-state index in [2.05, 4.69) is 5.32 Å². The van der Waals surface area contributed by atoms with Gasteiger partial charge in [0.05, 0.1) is 4.90 Å². The third kappa shape index (κ3) is 4.84. The molecule has 0 aliphatic carbocycles.